The zero-order valence-electron chi connectivity index (χ0n) is 8.90. The first-order chi connectivity index (χ1) is 7.57. The summed E-state index contributed by atoms with van der Waals surface area (Å²) in [4.78, 5) is 21.9. The lowest BCUT2D eigenvalue weighted by molar-refractivity contribution is -0.385. The number of rotatable bonds is 4. The van der Waals surface area contributed by atoms with E-state index in [1.54, 1.807) is 19.1 Å². The zero-order chi connectivity index (χ0) is 12.1. The minimum absolute atomic E-state index is 0.0758. The molecule has 0 fully saturated rings. The molecule has 0 aliphatic heterocycles. The number of aryl methyl sites for hydroxylation is 1. The predicted molar refractivity (Wildman–Crippen MR) is 60.4 cm³/mol. The van der Waals surface area contributed by atoms with Crippen molar-refractivity contribution in [2.75, 3.05) is 6.54 Å². The molecule has 0 saturated heterocycles. The van der Waals surface area contributed by atoms with Gasteiger partial charge in [0, 0.05) is 12.1 Å². The molecule has 0 atom stereocenters. The van der Waals surface area contributed by atoms with Gasteiger partial charge in [0.2, 0.25) is 0 Å². The molecule has 0 heterocycles. The number of hydrogen-bond donors (Lipinski definition) is 1. The molecule has 0 saturated carbocycles. The van der Waals surface area contributed by atoms with E-state index < -0.39 is 10.8 Å². The first-order valence-corrected chi connectivity index (χ1v) is 4.71. The molecule has 0 radical (unpaired) electrons. The second kappa shape index (κ2) is 5.06. The second-order valence-corrected chi connectivity index (χ2v) is 3.23. The summed E-state index contributed by atoms with van der Waals surface area (Å²) in [6, 6.07) is 4.65. The van der Waals surface area contributed by atoms with Crippen LogP contribution < -0.4 is 5.32 Å². The molecular formula is C11H12N2O3. The number of nitrogens with one attached hydrogen (secondary N) is 1. The van der Waals surface area contributed by atoms with E-state index in [0.29, 0.717) is 5.56 Å². The summed E-state index contributed by atoms with van der Waals surface area (Å²) in [5, 5.41) is 13.3. The monoisotopic (exact) mass is 220 g/mol. The Labute approximate surface area is 92.9 Å². The van der Waals surface area contributed by atoms with Gasteiger partial charge in [0.05, 0.1) is 4.92 Å². The fraction of sp³-hybridized carbons (Fsp3) is 0.182. The van der Waals surface area contributed by atoms with Crippen LogP contribution in [-0.2, 0) is 0 Å². The number of carbonyl (C=O) groups excluding carboxylic acids is 1. The Hall–Kier alpha value is -2.17. The number of nitro benzene ring substituents is 1. The maximum atomic E-state index is 11.6. The number of nitro groups is 1. The van der Waals surface area contributed by atoms with E-state index in [1.807, 2.05) is 0 Å². The lowest BCUT2D eigenvalue weighted by Gasteiger charge is -2.05. The van der Waals surface area contributed by atoms with Crippen LogP contribution in [0.1, 0.15) is 15.9 Å². The zero-order valence-corrected chi connectivity index (χ0v) is 8.90. The summed E-state index contributed by atoms with van der Waals surface area (Å²) in [5.74, 6) is -0.463. The maximum absolute atomic E-state index is 11.6. The number of nitrogens with zero attached hydrogens (tertiary/aromatic N) is 1. The van der Waals surface area contributed by atoms with Gasteiger partial charge in [-0.15, -0.1) is 6.58 Å². The molecule has 84 valence electrons. The standard InChI is InChI=1S/C11H12N2O3/c1-3-7-12-11(14)9-6-4-5-8(2)10(9)13(15)16/h3-6H,1,7H2,2H3,(H,12,14). The van der Waals surface area contributed by atoms with Crippen LogP contribution in [0.25, 0.3) is 0 Å². The normalized spacial score (nSPS) is 9.56. The smallest absolute Gasteiger partial charge is 0.285 e. The van der Waals surface area contributed by atoms with E-state index in [2.05, 4.69) is 11.9 Å². The Morgan fingerprint density at radius 1 is 1.62 bits per heavy atom. The summed E-state index contributed by atoms with van der Waals surface area (Å²) >= 11 is 0. The van der Waals surface area contributed by atoms with Gasteiger partial charge in [0.15, 0.2) is 0 Å². The number of para-hydroxylation sites is 1. The molecule has 0 aliphatic carbocycles. The average molecular weight is 220 g/mol. The molecule has 16 heavy (non-hydrogen) atoms. The van der Waals surface area contributed by atoms with Crippen molar-refractivity contribution < 1.29 is 9.72 Å². The summed E-state index contributed by atoms with van der Waals surface area (Å²) in [6.07, 6.45) is 1.51. The molecule has 1 amide bonds. The third-order valence-electron chi connectivity index (χ3n) is 2.07. The van der Waals surface area contributed by atoms with Gasteiger partial charge in [-0.25, -0.2) is 0 Å². The van der Waals surface area contributed by atoms with Crippen molar-refractivity contribution in [2.45, 2.75) is 6.92 Å². The van der Waals surface area contributed by atoms with Gasteiger partial charge < -0.3 is 5.32 Å². The van der Waals surface area contributed by atoms with E-state index in [9.17, 15) is 14.9 Å². The van der Waals surface area contributed by atoms with Crippen molar-refractivity contribution in [1.29, 1.82) is 0 Å². The molecule has 1 rings (SSSR count). The van der Waals surface area contributed by atoms with Gasteiger partial charge in [-0.2, -0.15) is 0 Å². The first-order valence-electron chi connectivity index (χ1n) is 4.71. The van der Waals surface area contributed by atoms with Gasteiger partial charge in [-0.05, 0) is 13.0 Å². The largest absolute Gasteiger partial charge is 0.348 e. The highest BCUT2D eigenvalue weighted by molar-refractivity contribution is 5.98. The molecule has 5 nitrogen and oxygen atoms in total. The van der Waals surface area contributed by atoms with Crippen molar-refractivity contribution in [3.8, 4) is 0 Å². The second-order valence-electron chi connectivity index (χ2n) is 3.23. The molecular weight excluding hydrogens is 208 g/mol. The van der Waals surface area contributed by atoms with Crippen LogP contribution >= 0.6 is 0 Å². The van der Waals surface area contributed by atoms with Gasteiger partial charge in [-0.3, -0.25) is 14.9 Å². The summed E-state index contributed by atoms with van der Waals surface area (Å²) < 4.78 is 0. The van der Waals surface area contributed by atoms with Gasteiger partial charge in [0.1, 0.15) is 5.56 Å². The highest BCUT2D eigenvalue weighted by atomic mass is 16.6. The number of amides is 1. The van der Waals surface area contributed by atoms with Crippen LogP contribution in [0.5, 0.6) is 0 Å². The van der Waals surface area contributed by atoms with Crippen LogP contribution in [0.2, 0.25) is 0 Å². The molecule has 5 heteroatoms. The average Bonchev–Trinajstić information content (AvgIpc) is 2.24. The number of hydrogen-bond acceptors (Lipinski definition) is 3. The fourth-order valence-corrected chi connectivity index (χ4v) is 1.34. The molecule has 0 spiro atoms. The first kappa shape index (κ1) is 11.9. The van der Waals surface area contributed by atoms with Crippen LogP contribution in [0.15, 0.2) is 30.9 Å². The van der Waals surface area contributed by atoms with Crippen molar-refractivity contribution in [3.05, 3.63) is 52.1 Å². The van der Waals surface area contributed by atoms with Crippen LogP contribution in [0.4, 0.5) is 5.69 Å². The molecule has 1 aromatic carbocycles. The lowest BCUT2D eigenvalue weighted by atomic mass is 10.1. The fourth-order valence-electron chi connectivity index (χ4n) is 1.34. The van der Waals surface area contributed by atoms with E-state index in [1.165, 1.54) is 12.1 Å². The summed E-state index contributed by atoms with van der Waals surface area (Å²) in [7, 11) is 0. The third-order valence-corrected chi connectivity index (χ3v) is 2.07. The Morgan fingerprint density at radius 2 is 2.31 bits per heavy atom. The van der Waals surface area contributed by atoms with Crippen molar-refractivity contribution in [3.63, 3.8) is 0 Å². The van der Waals surface area contributed by atoms with E-state index in [0.717, 1.165) is 0 Å². The van der Waals surface area contributed by atoms with Gasteiger partial charge >= 0.3 is 0 Å². The molecule has 0 aliphatic rings. The van der Waals surface area contributed by atoms with Gasteiger partial charge in [-0.1, -0.05) is 18.2 Å². The Morgan fingerprint density at radius 3 is 2.88 bits per heavy atom. The minimum Gasteiger partial charge on any atom is -0.348 e. The van der Waals surface area contributed by atoms with Crippen molar-refractivity contribution in [1.82, 2.24) is 5.32 Å². The SMILES string of the molecule is C=CCNC(=O)c1cccc(C)c1[N+](=O)[O-]. The van der Waals surface area contributed by atoms with Crippen LogP contribution in [-0.4, -0.2) is 17.4 Å². The van der Waals surface area contributed by atoms with Crippen LogP contribution in [0.3, 0.4) is 0 Å². The molecule has 0 unspecified atom stereocenters. The Balaban J connectivity index is 3.12. The molecule has 1 aromatic rings. The third kappa shape index (κ3) is 2.44. The van der Waals surface area contributed by atoms with Crippen molar-refractivity contribution in [2.24, 2.45) is 0 Å². The molecule has 1 N–H and O–H groups in total. The highest BCUT2D eigenvalue weighted by Gasteiger charge is 2.21. The van der Waals surface area contributed by atoms with E-state index in [4.69, 9.17) is 0 Å². The predicted octanol–water partition coefficient (Wildman–Crippen LogP) is 1.82. The molecule has 0 bridgehead atoms. The summed E-state index contributed by atoms with van der Waals surface area (Å²) in [6.45, 7) is 5.33. The van der Waals surface area contributed by atoms with Crippen LogP contribution in [0, 0.1) is 17.0 Å². The number of carbonyl (C=O) groups is 1. The highest BCUT2D eigenvalue weighted by Crippen LogP contribution is 2.22. The minimum atomic E-state index is -0.543. The Kier molecular flexibility index (Phi) is 3.77. The van der Waals surface area contributed by atoms with E-state index >= 15 is 0 Å². The van der Waals surface area contributed by atoms with Crippen molar-refractivity contribution >= 4 is 11.6 Å². The Bertz CT molecular complexity index is 441. The maximum Gasteiger partial charge on any atom is 0.285 e. The molecule has 0 aromatic heterocycles. The van der Waals surface area contributed by atoms with Gasteiger partial charge in [0.25, 0.3) is 11.6 Å². The summed E-state index contributed by atoms with van der Waals surface area (Å²) in [5.41, 5.74) is 0.396. The quantitative estimate of drug-likeness (QED) is 0.478. The van der Waals surface area contributed by atoms with E-state index in [-0.39, 0.29) is 17.8 Å². The topological polar surface area (TPSA) is 72.2 Å². The number of benzene rings is 1. The lowest BCUT2D eigenvalue weighted by Crippen LogP contribution is -2.24.